The summed E-state index contributed by atoms with van der Waals surface area (Å²) < 4.78 is 12.9. The third-order valence-corrected chi connectivity index (χ3v) is 4.71. The van der Waals surface area contributed by atoms with E-state index in [4.69, 9.17) is 0 Å². The molecule has 1 heterocycles. The van der Waals surface area contributed by atoms with E-state index in [1.54, 1.807) is 0 Å². The summed E-state index contributed by atoms with van der Waals surface area (Å²) in [6.07, 6.45) is 2.23. The number of carbonyl (C=O) groups is 2. The van der Waals surface area contributed by atoms with Crippen molar-refractivity contribution in [2.45, 2.75) is 12.8 Å². The number of hydrogen-bond acceptors (Lipinski definition) is 3. The minimum Gasteiger partial charge on any atom is -0.350 e. The first kappa shape index (κ1) is 21.9. The van der Waals surface area contributed by atoms with Gasteiger partial charge in [0.15, 0.2) is 0 Å². The largest absolute Gasteiger partial charge is 0.350 e. The molecular weight excluding hydrogens is 381 g/mol. The summed E-state index contributed by atoms with van der Waals surface area (Å²) in [7, 11) is 0. The molecule has 1 atom stereocenters. The molecule has 150 valence electrons. The third-order valence-electron chi connectivity index (χ3n) is 4.71. The van der Waals surface area contributed by atoms with Crippen molar-refractivity contribution in [3.8, 4) is 0 Å². The molecule has 0 aliphatic carbocycles. The van der Waals surface area contributed by atoms with Gasteiger partial charge >= 0.3 is 0 Å². The van der Waals surface area contributed by atoms with Gasteiger partial charge in [0, 0.05) is 24.2 Å². The lowest BCUT2D eigenvalue weighted by Gasteiger charge is -2.10. The van der Waals surface area contributed by atoms with Gasteiger partial charge in [0.25, 0.3) is 11.8 Å². The minimum atomic E-state index is -0.384. The van der Waals surface area contributed by atoms with E-state index < -0.39 is 0 Å². The van der Waals surface area contributed by atoms with Gasteiger partial charge in [-0.1, -0.05) is 12.1 Å². The van der Waals surface area contributed by atoms with E-state index in [1.165, 1.54) is 36.2 Å². The summed E-state index contributed by atoms with van der Waals surface area (Å²) >= 11 is 0. The fraction of sp³-hybridized carbons (Fsp3) is 0.333. The van der Waals surface area contributed by atoms with E-state index in [0.717, 1.165) is 19.5 Å². The average molecular weight is 406 g/mol. The molecule has 1 aliphatic heterocycles. The van der Waals surface area contributed by atoms with E-state index in [1.807, 2.05) is 24.3 Å². The molecule has 0 bridgehead atoms. The zero-order valence-electron chi connectivity index (χ0n) is 15.5. The summed E-state index contributed by atoms with van der Waals surface area (Å²) in [4.78, 5) is 24.1. The van der Waals surface area contributed by atoms with Gasteiger partial charge in [-0.3, -0.25) is 9.59 Å². The molecule has 2 amide bonds. The van der Waals surface area contributed by atoms with Gasteiger partial charge in [-0.15, -0.1) is 12.4 Å². The van der Waals surface area contributed by atoms with Crippen LogP contribution in [0.4, 0.5) is 4.39 Å². The number of nitrogens with one attached hydrogen (secondary N) is 3. The Morgan fingerprint density at radius 1 is 0.929 bits per heavy atom. The number of carbonyl (C=O) groups excluding carboxylic acids is 2. The van der Waals surface area contributed by atoms with Crippen molar-refractivity contribution in [2.24, 2.45) is 5.92 Å². The second-order valence-electron chi connectivity index (χ2n) is 6.78. The van der Waals surface area contributed by atoms with Crippen LogP contribution < -0.4 is 16.0 Å². The summed E-state index contributed by atoms with van der Waals surface area (Å²) in [5.41, 5.74) is 2.23. The van der Waals surface area contributed by atoms with E-state index in [9.17, 15) is 14.0 Å². The van der Waals surface area contributed by atoms with E-state index in [2.05, 4.69) is 16.0 Å². The number of benzene rings is 2. The quantitative estimate of drug-likeness (QED) is 0.620. The number of amides is 2. The summed E-state index contributed by atoms with van der Waals surface area (Å²) in [6.45, 7) is 2.77. The van der Waals surface area contributed by atoms with Crippen molar-refractivity contribution in [3.05, 3.63) is 71.0 Å². The third kappa shape index (κ3) is 6.32. The molecule has 3 rings (SSSR count). The first-order chi connectivity index (χ1) is 13.1. The summed E-state index contributed by atoms with van der Waals surface area (Å²) in [5.74, 6) is -0.172. The van der Waals surface area contributed by atoms with Crippen LogP contribution >= 0.6 is 12.4 Å². The van der Waals surface area contributed by atoms with Crippen LogP contribution in [0.25, 0.3) is 0 Å². The van der Waals surface area contributed by atoms with Gasteiger partial charge in [-0.05, 0) is 73.8 Å². The molecule has 1 saturated heterocycles. The predicted molar refractivity (Wildman–Crippen MR) is 109 cm³/mol. The highest BCUT2D eigenvalue weighted by atomic mass is 35.5. The predicted octanol–water partition coefficient (Wildman–Crippen LogP) is 2.56. The Balaban J connectivity index is 0.00000280. The van der Waals surface area contributed by atoms with Crippen molar-refractivity contribution in [1.29, 1.82) is 0 Å². The van der Waals surface area contributed by atoms with Crippen LogP contribution in [0, 0.1) is 11.7 Å². The van der Waals surface area contributed by atoms with E-state index in [-0.39, 0.29) is 30.0 Å². The molecule has 2 aromatic rings. The van der Waals surface area contributed by atoms with Crippen molar-refractivity contribution in [1.82, 2.24) is 16.0 Å². The fourth-order valence-electron chi connectivity index (χ4n) is 3.17. The van der Waals surface area contributed by atoms with Gasteiger partial charge in [-0.25, -0.2) is 4.39 Å². The Labute approximate surface area is 170 Å². The Morgan fingerprint density at radius 2 is 1.46 bits per heavy atom. The maximum absolute atomic E-state index is 12.9. The van der Waals surface area contributed by atoms with Crippen molar-refractivity contribution in [2.75, 3.05) is 26.2 Å². The van der Waals surface area contributed by atoms with Crippen LogP contribution in [-0.4, -0.2) is 38.0 Å². The number of hydrogen-bond donors (Lipinski definition) is 3. The summed E-state index contributed by atoms with van der Waals surface area (Å²) in [5, 5.41) is 8.84. The van der Waals surface area contributed by atoms with Crippen LogP contribution in [0.5, 0.6) is 0 Å². The molecule has 7 heteroatoms. The SMILES string of the molecule is Cl.O=C(NCCNC(=O)c1ccc(CC2CCNC2)cc1)c1ccc(F)cc1. The molecular formula is C21H25ClFN3O2. The maximum Gasteiger partial charge on any atom is 0.251 e. The lowest BCUT2D eigenvalue weighted by atomic mass is 9.98. The first-order valence-corrected chi connectivity index (χ1v) is 9.23. The topological polar surface area (TPSA) is 70.2 Å². The number of halogens is 2. The molecule has 5 nitrogen and oxygen atoms in total. The molecule has 2 aromatic carbocycles. The zero-order chi connectivity index (χ0) is 19.1. The number of rotatable bonds is 7. The molecule has 1 fully saturated rings. The van der Waals surface area contributed by atoms with Gasteiger partial charge in [-0.2, -0.15) is 0 Å². The van der Waals surface area contributed by atoms with E-state index in [0.29, 0.717) is 30.1 Å². The second-order valence-corrected chi connectivity index (χ2v) is 6.78. The van der Waals surface area contributed by atoms with Crippen LogP contribution in [0.15, 0.2) is 48.5 Å². The molecule has 0 radical (unpaired) electrons. The molecule has 0 spiro atoms. The highest BCUT2D eigenvalue weighted by Gasteiger charge is 2.15. The first-order valence-electron chi connectivity index (χ1n) is 9.23. The Hall–Kier alpha value is -2.44. The van der Waals surface area contributed by atoms with Crippen molar-refractivity contribution >= 4 is 24.2 Å². The lowest BCUT2D eigenvalue weighted by Crippen LogP contribution is -2.34. The van der Waals surface area contributed by atoms with Gasteiger partial charge in [0.05, 0.1) is 0 Å². The van der Waals surface area contributed by atoms with Crippen LogP contribution in [0.3, 0.4) is 0 Å². The standard InChI is InChI=1S/C21H24FN3O2.ClH/c22-19-7-5-18(6-8-19)21(27)25-12-11-24-20(26)17-3-1-15(2-4-17)13-16-9-10-23-14-16;/h1-8,16,23H,9-14H2,(H,24,26)(H,25,27);1H. The van der Waals surface area contributed by atoms with Crippen LogP contribution in [0.2, 0.25) is 0 Å². The second kappa shape index (κ2) is 10.8. The van der Waals surface area contributed by atoms with Crippen molar-refractivity contribution < 1.29 is 14.0 Å². The average Bonchev–Trinajstić information content (AvgIpc) is 3.19. The highest BCUT2D eigenvalue weighted by molar-refractivity contribution is 5.95. The van der Waals surface area contributed by atoms with Gasteiger partial charge in [0.1, 0.15) is 5.82 Å². The molecule has 3 N–H and O–H groups in total. The van der Waals surface area contributed by atoms with Crippen LogP contribution in [0.1, 0.15) is 32.7 Å². The fourth-order valence-corrected chi connectivity index (χ4v) is 3.17. The Kier molecular flexibility index (Phi) is 8.42. The molecule has 28 heavy (non-hydrogen) atoms. The van der Waals surface area contributed by atoms with Crippen LogP contribution in [-0.2, 0) is 6.42 Å². The Bertz CT molecular complexity index is 775. The summed E-state index contributed by atoms with van der Waals surface area (Å²) in [6, 6.07) is 13.0. The van der Waals surface area contributed by atoms with Gasteiger partial charge < -0.3 is 16.0 Å². The molecule has 0 saturated carbocycles. The molecule has 1 aliphatic rings. The lowest BCUT2D eigenvalue weighted by molar-refractivity contribution is 0.0927. The minimum absolute atomic E-state index is 0. The van der Waals surface area contributed by atoms with E-state index >= 15 is 0 Å². The van der Waals surface area contributed by atoms with Gasteiger partial charge in [0.2, 0.25) is 0 Å². The van der Waals surface area contributed by atoms with Crippen molar-refractivity contribution in [3.63, 3.8) is 0 Å². The molecule has 1 unspecified atom stereocenters. The maximum atomic E-state index is 12.9. The smallest absolute Gasteiger partial charge is 0.251 e. The zero-order valence-corrected chi connectivity index (χ0v) is 16.4. The molecule has 0 aromatic heterocycles. The monoisotopic (exact) mass is 405 g/mol. The Morgan fingerprint density at radius 3 is 1.96 bits per heavy atom. The normalized spacial score (nSPS) is 15.5. The highest BCUT2D eigenvalue weighted by Crippen LogP contribution is 2.15.